The van der Waals surface area contributed by atoms with Gasteiger partial charge in [-0.3, -0.25) is 4.90 Å². The highest BCUT2D eigenvalue weighted by molar-refractivity contribution is 5.94. The van der Waals surface area contributed by atoms with Crippen molar-refractivity contribution in [2.75, 3.05) is 20.2 Å². The largest absolute Gasteiger partial charge is 0.493 e. The second kappa shape index (κ2) is 9.28. The summed E-state index contributed by atoms with van der Waals surface area (Å²) in [7, 11) is 1.67. The van der Waals surface area contributed by atoms with E-state index in [-0.39, 0.29) is 0 Å². The molecule has 1 aliphatic heterocycles. The lowest BCUT2D eigenvalue weighted by Crippen LogP contribution is -2.29. The summed E-state index contributed by atoms with van der Waals surface area (Å²) in [5, 5.41) is 5.63. The lowest BCUT2D eigenvalue weighted by atomic mass is 9.93. The summed E-state index contributed by atoms with van der Waals surface area (Å²) in [4.78, 5) is 10.6. The molecule has 4 heterocycles. The summed E-state index contributed by atoms with van der Waals surface area (Å²) < 4.78 is 7.41. The van der Waals surface area contributed by atoms with Crippen LogP contribution >= 0.6 is 0 Å². The van der Waals surface area contributed by atoms with Crippen molar-refractivity contribution in [3.8, 4) is 17.0 Å². The Balaban J connectivity index is 1.38. The van der Waals surface area contributed by atoms with Crippen LogP contribution in [0.2, 0.25) is 0 Å². The first-order valence-corrected chi connectivity index (χ1v) is 12.6. The molecule has 0 radical (unpaired) electrons. The molecule has 0 saturated carbocycles. The quantitative estimate of drug-likeness (QED) is 0.312. The number of ether oxygens (including phenoxy) is 1. The molecule has 0 fully saturated rings. The Bertz CT molecular complexity index is 1560. The lowest BCUT2D eigenvalue weighted by Gasteiger charge is -2.27. The van der Waals surface area contributed by atoms with Gasteiger partial charge in [-0.15, -0.1) is 0 Å². The van der Waals surface area contributed by atoms with Crippen LogP contribution in [0.15, 0.2) is 73.2 Å². The Kier molecular flexibility index (Phi) is 5.82. The molecule has 0 aliphatic carbocycles. The Morgan fingerprint density at radius 2 is 1.92 bits per heavy atom. The van der Waals surface area contributed by atoms with Gasteiger partial charge in [0.2, 0.25) is 0 Å². The van der Waals surface area contributed by atoms with Crippen LogP contribution in [0.5, 0.6) is 5.75 Å². The van der Waals surface area contributed by atoms with Gasteiger partial charge in [0, 0.05) is 42.3 Å². The molecule has 36 heavy (non-hydrogen) atoms. The summed E-state index contributed by atoms with van der Waals surface area (Å²) >= 11 is 0. The fourth-order valence-electron chi connectivity index (χ4n) is 5.41. The number of methoxy groups -OCH3 is 1. The number of rotatable bonds is 6. The normalized spacial score (nSPS) is 14.6. The molecule has 6 heteroatoms. The standard InChI is InChI=1S/C30H31N5O/c1-20(2)28-25-14-22(23-10-7-13-34(17-23)16-21-8-5-4-6-9-21)11-12-26(25)33-29(28)24-15-27(36-3)30-31-19-32-35(30)18-24/h4-6,8-12,14-15,18-20,33H,7,13,16-17H2,1-3H3. The van der Waals surface area contributed by atoms with E-state index >= 15 is 0 Å². The van der Waals surface area contributed by atoms with E-state index in [0.717, 1.165) is 48.5 Å². The van der Waals surface area contributed by atoms with E-state index in [2.05, 4.69) is 88.4 Å². The van der Waals surface area contributed by atoms with E-state index in [0.29, 0.717) is 11.7 Å². The van der Waals surface area contributed by atoms with Crippen LogP contribution in [0.4, 0.5) is 0 Å². The van der Waals surface area contributed by atoms with Gasteiger partial charge in [0.15, 0.2) is 11.4 Å². The van der Waals surface area contributed by atoms with Crippen molar-refractivity contribution >= 4 is 22.1 Å². The predicted molar refractivity (Wildman–Crippen MR) is 145 cm³/mol. The van der Waals surface area contributed by atoms with E-state index in [1.54, 1.807) is 18.0 Å². The molecule has 0 spiro atoms. The van der Waals surface area contributed by atoms with Gasteiger partial charge in [0.1, 0.15) is 6.33 Å². The molecule has 5 aromatic rings. The maximum Gasteiger partial charge on any atom is 0.197 e. The van der Waals surface area contributed by atoms with Gasteiger partial charge in [-0.25, -0.2) is 9.50 Å². The van der Waals surface area contributed by atoms with E-state index in [1.165, 1.54) is 27.6 Å². The van der Waals surface area contributed by atoms with Gasteiger partial charge in [-0.2, -0.15) is 5.10 Å². The number of hydrogen-bond donors (Lipinski definition) is 1. The number of hydrogen-bond acceptors (Lipinski definition) is 4. The third kappa shape index (κ3) is 4.07. The van der Waals surface area contributed by atoms with E-state index in [9.17, 15) is 0 Å². The molecule has 0 atom stereocenters. The predicted octanol–water partition coefficient (Wildman–Crippen LogP) is 6.30. The summed E-state index contributed by atoms with van der Waals surface area (Å²) in [6, 6.07) is 19.7. The monoisotopic (exact) mass is 477 g/mol. The number of H-pyrrole nitrogens is 1. The Labute approximate surface area is 211 Å². The first-order valence-electron chi connectivity index (χ1n) is 12.6. The van der Waals surface area contributed by atoms with Crippen molar-refractivity contribution in [1.82, 2.24) is 24.5 Å². The number of aromatic amines is 1. The van der Waals surface area contributed by atoms with Crippen molar-refractivity contribution in [2.24, 2.45) is 0 Å². The van der Waals surface area contributed by atoms with Crippen molar-refractivity contribution in [2.45, 2.75) is 32.7 Å². The number of nitrogens with one attached hydrogen (secondary N) is 1. The average molecular weight is 478 g/mol. The molecule has 3 aromatic heterocycles. The SMILES string of the molecule is COc1cc(-c2[nH]c3ccc(C4=CCCN(Cc5ccccc5)C4)cc3c2C(C)C)cn2ncnc12. The smallest absolute Gasteiger partial charge is 0.197 e. The third-order valence-electron chi connectivity index (χ3n) is 7.12. The fourth-order valence-corrected chi connectivity index (χ4v) is 5.41. The molecular weight excluding hydrogens is 446 g/mol. The molecule has 182 valence electrons. The Morgan fingerprint density at radius 1 is 1.06 bits per heavy atom. The molecule has 0 saturated heterocycles. The van der Waals surface area contributed by atoms with Gasteiger partial charge in [-0.05, 0) is 52.8 Å². The summed E-state index contributed by atoms with van der Waals surface area (Å²) in [6.07, 6.45) is 7.07. The molecule has 2 aromatic carbocycles. The van der Waals surface area contributed by atoms with E-state index in [4.69, 9.17) is 4.74 Å². The minimum absolute atomic E-state index is 0.344. The Hall–Kier alpha value is -3.90. The lowest BCUT2D eigenvalue weighted by molar-refractivity contribution is 0.296. The number of fused-ring (bicyclic) bond motifs is 2. The van der Waals surface area contributed by atoms with Crippen LogP contribution in [0.1, 0.15) is 42.9 Å². The maximum atomic E-state index is 5.62. The second-order valence-corrected chi connectivity index (χ2v) is 9.87. The van der Waals surface area contributed by atoms with Crippen molar-refractivity contribution < 1.29 is 4.74 Å². The van der Waals surface area contributed by atoms with Gasteiger partial charge in [0.05, 0.1) is 12.8 Å². The number of aromatic nitrogens is 4. The van der Waals surface area contributed by atoms with Gasteiger partial charge < -0.3 is 9.72 Å². The summed E-state index contributed by atoms with van der Waals surface area (Å²) in [6.45, 7) is 7.56. The fraction of sp³-hybridized carbons (Fsp3) is 0.267. The van der Waals surface area contributed by atoms with Gasteiger partial charge in [0.25, 0.3) is 0 Å². The average Bonchev–Trinajstić information content (AvgIpc) is 3.53. The first-order chi connectivity index (χ1) is 17.6. The Morgan fingerprint density at radius 3 is 2.72 bits per heavy atom. The van der Waals surface area contributed by atoms with Crippen LogP contribution in [-0.4, -0.2) is 44.7 Å². The van der Waals surface area contributed by atoms with Gasteiger partial charge in [-0.1, -0.05) is 56.3 Å². The van der Waals surface area contributed by atoms with Crippen LogP contribution in [0.25, 0.3) is 33.4 Å². The first kappa shape index (κ1) is 22.6. The van der Waals surface area contributed by atoms with Gasteiger partial charge >= 0.3 is 0 Å². The number of benzene rings is 2. The highest BCUT2D eigenvalue weighted by atomic mass is 16.5. The third-order valence-corrected chi connectivity index (χ3v) is 7.12. The van der Waals surface area contributed by atoms with Crippen molar-refractivity contribution in [1.29, 1.82) is 0 Å². The zero-order valence-corrected chi connectivity index (χ0v) is 21.0. The van der Waals surface area contributed by atoms with E-state index in [1.807, 2.05) is 12.3 Å². The topological polar surface area (TPSA) is 58.5 Å². The highest BCUT2D eigenvalue weighted by Gasteiger charge is 2.20. The highest BCUT2D eigenvalue weighted by Crippen LogP contribution is 2.38. The van der Waals surface area contributed by atoms with Crippen LogP contribution < -0.4 is 4.74 Å². The van der Waals surface area contributed by atoms with Crippen LogP contribution in [-0.2, 0) is 6.54 Å². The molecule has 1 aliphatic rings. The minimum atomic E-state index is 0.344. The molecule has 6 rings (SSSR count). The van der Waals surface area contributed by atoms with Crippen molar-refractivity contribution in [3.63, 3.8) is 0 Å². The zero-order valence-electron chi connectivity index (χ0n) is 21.0. The zero-order chi connectivity index (χ0) is 24.6. The summed E-state index contributed by atoms with van der Waals surface area (Å²) in [5.74, 6) is 1.06. The molecule has 0 unspecified atom stereocenters. The molecule has 0 amide bonds. The number of pyridine rings is 1. The van der Waals surface area contributed by atoms with Crippen molar-refractivity contribution in [3.05, 3.63) is 89.9 Å². The van der Waals surface area contributed by atoms with E-state index < -0.39 is 0 Å². The van der Waals surface area contributed by atoms with Crippen LogP contribution in [0.3, 0.4) is 0 Å². The molecular formula is C30H31N5O. The maximum absolute atomic E-state index is 5.62. The molecule has 0 bridgehead atoms. The molecule has 6 nitrogen and oxygen atoms in total. The molecule has 1 N–H and O–H groups in total. The van der Waals surface area contributed by atoms with Crippen LogP contribution in [0, 0.1) is 0 Å². The minimum Gasteiger partial charge on any atom is -0.493 e. The second-order valence-electron chi connectivity index (χ2n) is 9.87. The number of nitrogens with zero attached hydrogens (tertiary/aromatic N) is 4. The summed E-state index contributed by atoms with van der Waals surface area (Å²) in [5.41, 5.74) is 9.40.